The number of nitrogens with one attached hydrogen (secondary N) is 1. The summed E-state index contributed by atoms with van der Waals surface area (Å²) in [5, 5.41) is 16.7. The van der Waals surface area contributed by atoms with Gasteiger partial charge in [-0.3, -0.25) is 4.99 Å². The molecule has 3 unspecified atom stereocenters. The van der Waals surface area contributed by atoms with Crippen LogP contribution in [0.4, 0.5) is 11.5 Å². The van der Waals surface area contributed by atoms with Gasteiger partial charge in [-0.15, -0.1) is 22.0 Å². The quantitative estimate of drug-likeness (QED) is 0.176. The number of thioether (sulfide) groups is 1. The molecule has 2 aromatic heterocycles. The number of aliphatic imine (C=N–C) groups is 1. The fraction of sp³-hybridized carbons (Fsp3) is 0.300. The number of anilines is 1. The first-order valence-corrected chi connectivity index (χ1v) is 14.6. The molecule has 1 saturated carbocycles. The van der Waals surface area contributed by atoms with Gasteiger partial charge in [0, 0.05) is 33.8 Å². The Morgan fingerprint density at radius 2 is 1.93 bits per heavy atom. The number of aromatic nitrogens is 4. The number of halogens is 1. The van der Waals surface area contributed by atoms with E-state index in [9.17, 15) is 0 Å². The highest BCUT2D eigenvalue weighted by Crippen LogP contribution is 2.44. The molecule has 3 aromatic rings. The predicted molar refractivity (Wildman–Crippen MR) is 133 cm³/mol. The monoisotopic (exact) mass is 536 g/mol. The van der Waals surface area contributed by atoms with E-state index >= 15 is 0 Å². The summed E-state index contributed by atoms with van der Waals surface area (Å²) >= 11 is 3.96. The van der Waals surface area contributed by atoms with Crippen molar-refractivity contribution < 1.29 is 0 Å². The number of hydrogen-bond donors (Lipinski definition) is 1. The summed E-state index contributed by atoms with van der Waals surface area (Å²) in [4.78, 5) is 5.40. The van der Waals surface area contributed by atoms with Gasteiger partial charge >= 0.3 is 0 Å². The molecule has 1 aliphatic carbocycles. The molecule has 1 N–H and O–H groups in total. The maximum atomic E-state index is 4.48. The highest BCUT2D eigenvalue weighted by atomic mass is 127. The SMILES string of the molecule is C=Nc1c(-c2cnn(PI)c2)ccc(-c2ccc(NC3C(C)C3C)nn2)c1SC. The second kappa shape index (κ2) is 8.70. The van der Waals surface area contributed by atoms with Crippen LogP contribution in [-0.2, 0) is 0 Å². The lowest BCUT2D eigenvalue weighted by atomic mass is 10.0. The van der Waals surface area contributed by atoms with E-state index in [1.54, 1.807) is 11.8 Å². The molecule has 29 heavy (non-hydrogen) atoms. The van der Waals surface area contributed by atoms with E-state index in [0.29, 0.717) is 24.3 Å². The second-order valence-electron chi connectivity index (χ2n) is 7.15. The third kappa shape index (κ3) is 4.07. The van der Waals surface area contributed by atoms with Gasteiger partial charge in [-0.2, -0.15) is 5.10 Å². The molecule has 2 heterocycles. The molecule has 0 radical (unpaired) electrons. The van der Waals surface area contributed by atoms with Crippen LogP contribution in [0.1, 0.15) is 13.8 Å². The lowest BCUT2D eigenvalue weighted by Gasteiger charge is -2.13. The average Bonchev–Trinajstić information content (AvgIpc) is 3.13. The lowest BCUT2D eigenvalue weighted by Crippen LogP contribution is -2.07. The summed E-state index contributed by atoms with van der Waals surface area (Å²) in [7, 11) is 0. The Morgan fingerprint density at radius 1 is 1.17 bits per heavy atom. The first kappa shape index (κ1) is 20.8. The van der Waals surface area contributed by atoms with Crippen molar-refractivity contribution in [2.24, 2.45) is 16.8 Å². The Kier molecular flexibility index (Phi) is 6.22. The van der Waals surface area contributed by atoms with Crippen molar-refractivity contribution in [3.8, 4) is 22.4 Å². The standard InChI is InChI=1S/C20H22IN6PS/c1-11-12(2)18(11)24-17-8-7-16(25-26-17)15-6-5-14(19(22-3)20(15)29-4)13-9-23-27(10-13)28-21/h5-12,18,28H,3H2,1-2,4H3,(H,24,26). The largest absolute Gasteiger partial charge is 0.365 e. The topological polar surface area (TPSA) is 68.0 Å². The summed E-state index contributed by atoms with van der Waals surface area (Å²) < 4.78 is 1.92. The van der Waals surface area contributed by atoms with Gasteiger partial charge in [0.1, 0.15) is 5.82 Å². The highest BCUT2D eigenvalue weighted by Gasteiger charge is 2.43. The van der Waals surface area contributed by atoms with Gasteiger partial charge in [0.05, 0.1) is 24.0 Å². The smallest absolute Gasteiger partial charge is 0.148 e. The zero-order chi connectivity index (χ0) is 20.5. The van der Waals surface area contributed by atoms with Crippen LogP contribution in [0.25, 0.3) is 22.4 Å². The zero-order valence-electron chi connectivity index (χ0n) is 16.4. The van der Waals surface area contributed by atoms with Crippen LogP contribution < -0.4 is 5.32 Å². The van der Waals surface area contributed by atoms with Gasteiger partial charge < -0.3 is 5.32 Å². The van der Waals surface area contributed by atoms with E-state index in [0.717, 1.165) is 38.8 Å². The van der Waals surface area contributed by atoms with Crippen molar-refractivity contribution in [3.63, 3.8) is 0 Å². The lowest BCUT2D eigenvalue weighted by molar-refractivity contribution is 0.834. The minimum Gasteiger partial charge on any atom is -0.365 e. The van der Waals surface area contributed by atoms with Gasteiger partial charge in [0.2, 0.25) is 0 Å². The molecule has 6 nitrogen and oxygen atoms in total. The third-order valence-corrected chi connectivity index (χ3v) is 8.27. The predicted octanol–water partition coefficient (Wildman–Crippen LogP) is 5.92. The van der Waals surface area contributed by atoms with Crippen LogP contribution in [-0.4, -0.2) is 38.8 Å². The van der Waals surface area contributed by atoms with Crippen LogP contribution in [0, 0.1) is 11.8 Å². The van der Waals surface area contributed by atoms with Crippen molar-refractivity contribution in [3.05, 3.63) is 36.7 Å². The average molecular weight is 536 g/mol. The summed E-state index contributed by atoms with van der Waals surface area (Å²) in [5.74, 6) is 2.20. The number of nitrogens with zero attached hydrogens (tertiary/aromatic N) is 5. The van der Waals surface area contributed by atoms with E-state index in [1.165, 1.54) is 0 Å². The van der Waals surface area contributed by atoms with Crippen molar-refractivity contribution in [1.82, 2.24) is 19.7 Å². The Labute approximate surface area is 189 Å². The van der Waals surface area contributed by atoms with Crippen molar-refractivity contribution in [2.45, 2.75) is 24.8 Å². The van der Waals surface area contributed by atoms with Gasteiger partial charge in [0.15, 0.2) is 0 Å². The van der Waals surface area contributed by atoms with Crippen molar-refractivity contribution >= 4 is 58.4 Å². The Hall–Kier alpha value is -1.51. The van der Waals surface area contributed by atoms with Crippen LogP contribution in [0.2, 0.25) is 0 Å². The maximum absolute atomic E-state index is 4.48. The molecule has 0 spiro atoms. The minimum absolute atomic E-state index is 0.497. The van der Waals surface area contributed by atoms with Crippen LogP contribution >= 0.6 is 40.2 Å². The molecule has 150 valence electrons. The van der Waals surface area contributed by atoms with E-state index in [1.807, 2.05) is 35.2 Å². The van der Waals surface area contributed by atoms with Gasteiger partial charge in [-0.1, -0.05) is 26.0 Å². The van der Waals surface area contributed by atoms with E-state index in [2.05, 4.69) is 80.3 Å². The van der Waals surface area contributed by atoms with Gasteiger partial charge in [-0.25, -0.2) is 4.45 Å². The zero-order valence-corrected chi connectivity index (χ0v) is 20.4. The molecule has 0 saturated heterocycles. The molecular weight excluding hydrogens is 514 g/mol. The van der Waals surface area contributed by atoms with Crippen LogP contribution in [0.15, 0.2) is 46.5 Å². The summed E-state index contributed by atoms with van der Waals surface area (Å²) in [6.07, 6.45) is 6.53. The second-order valence-corrected chi connectivity index (χ2v) is 10.0. The molecule has 9 heteroatoms. The first-order valence-electron chi connectivity index (χ1n) is 9.27. The number of benzene rings is 1. The molecule has 0 bridgehead atoms. The Bertz CT molecular complexity index is 1030. The van der Waals surface area contributed by atoms with Crippen LogP contribution in [0.3, 0.4) is 0 Å². The molecule has 0 aliphatic heterocycles. The third-order valence-electron chi connectivity index (χ3n) is 5.55. The molecule has 0 amide bonds. The van der Waals surface area contributed by atoms with E-state index in [4.69, 9.17) is 0 Å². The van der Waals surface area contributed by atoms with Gasteiger partial charge in [0.25, 0.3) is 0 Å². The Morgan fingerprint density at radius 3 is 2.48 bits per heavy atom. The molecule has 1 aliphatic rings. The highest BCUT2D eigenvalue weighted by molar-refractivity contribution is 14.2. The fourth-order valence-electron chi connectivity index (χ4n) is 3.53. The van der Waals surface area contributed by atoms with E-state index in [-0.39, 0.29) is 0 Å². The maximum Gasteiger partial charge on any atom is 0.148 e. The Balaban J connectivity index is 1.67. The summed E-state index contributed by atoms with van der Waals surface area (Å²) in [5.41, 5.74) is 4.77. The molecule has 1 fully saturated rings. The normalized spacial score (nSPS) is 20.9. The molecular formula is C20H22IN6PS. The summed E-state index contributed by atoms with van der Waals surface area (Å²) in [6.45, 7) is 8.33. The first-order chi connectivity index (χ1) is 14.1. The van der Waals surface area contributed by atoms with Crippen LogP contribution in [0.5, 0.6) is 0 Å². The fourth-order valence-corrected chi connectivity index (χ4v) is 5.37. The van der Waals surface area contributed by atoms with Crippen molar-refractivity contribution in [1.29, 1.82) is 0 Å². The molecule has 1 aromatic carbocycles. The van der Waals surface area contributed by atoms with E-state index < -0.39 is 0 Å². The summed E-state index contributed by atoms with van der Waals surface area (Å²) in [6, 6.07) is 8.67. The molecule has 3 atom stereocenters. The van der Waals surface area contributed by atoms with Gasteiger partial charge in [-0.05, 0) is 59.0 Å². The molecule has 4 rings (SSSR count). The number of hydrogen-bond acceptors (Lipinski definition) is 6. The minimum atomic E-state index is 0.497. The van der Waals surface area contributed by atoms with Crippen molar-refractivity contribution in [2.75, 3.05) is 11.6 Å². The number of rotatable bonds is 7.